The van der Waals surface area contributed by atoms with Gasteiger partial charge >= 0.3 is 5.97 Å². The number of hydrogen-bond acceptors (Lipinski definition) is 5. The molecule has 1 aliphatic heterocycles. The Morgan fingerprint density at radius 2 is 2.12 bits per heavy atom. The Bertz CT molecular complexity index is 838. The van der Waals surface area contributed by atoms with Gasteiger partial charge in [0.2, 0.25) is 0 Å². The molecule has 8 heteroatoms. The highest BCUT2D eigenvalue weighted by Gasteiger charge is 2.38. The number of thiophene rings is 1. The second-order valence-electron chi connectivity index (χ2n) is 5.45. The van der Waals surface area contributed by atoms with Crippen LogP contribution < -0.4 is 4.74 Å². The second-order valence-corrected chi connectivity index (χ2v) is 7.96. The van der Waals surface area contributed by atoms with Crippen molar-refractivity contribution in [3.05, 3.63) is 49.9 Å². The summed E-state index contributed by atoms with van der Waals surface area (Å²) in [6.07, 6.45) is 0.614. The fraction of sp³-hybridized carbons (Fsp3) is 0.294. The number of benzene rings is 1. The van der Waals surface area contributed by atoms with Crippen molar-refractivity contribution in [2.45, 2.75) is 12.5 Å². The average molecular weight is 428 g/mol. The number of fused-ring (bicyclic) bond motifs is 1. The number of hydrogen-bond donors (Lipinski definition) is 0. The molecule has 1 unspecified atom stereocenters. The molecule has 0 spiro atoms. The molecule has 25 heavy (non-hydrogen) atoms. The molecular formula is C17H15BrFNO4S. The van der Waals surface area contributed by atoms with E-state index >= 15 is 0 Å². The van der Waals surface area contributed by atoms with Gasteiger partial charge < -0.3 is 14.4 Å². The monoisotopic (exact) mass is 427 g/mol. The van der Waals surface area contributed by atoms with Gasteiger partial charge in [-0.25, -0.2) is 9.18 Å². The molecule has 0 radical (unpaired) electrons. The molecule has 1 atom stereocenters. The van der Waals surface area contributed by atoms with Crippen LogP contribution in [0.5, 0.6) is 5.75 Å². The van der Waals surface area contributed by atoms with E-state index in [0.717, 1.165) is 8.66 Å². The molecular weight excluding hydrogens is 413 g/mol. The summed E-state index contributed by atoms with van der Waals surface area (Å²) in [5.41, 5.74) is 0.813. The van der Waals surface area contributed by atoms with E-state index in [1.807, 2.05) is 0 Å². The molecule has 3 rings (SSSR count). The third-order valence-corrected chi connectivity index (χ3v) is 5.77. The summed E-state index contributed by atoms with van der Waals surface area (Å²) < 4.78 is 24.8. The van der Waals surface area contributed by atoms with Crippen molar-refractivity contribution >= 4 is 39.1 Å². The highest BCUT2D eigenvalue weighted by Crippen LogP contribution is 2.37. The van der Waals surface area contributed by atoms with Gasteiger partial charge in [-0.05, 0) is 40.2 Å². The van der Waals surface area contributed by atoms with E-state index in [1.165, 1.54) is 48.7 Å². The van der Waals surface area contributed by atoms with Crippen LogP contribution in [0.1, 0.15) is 26.8 Å². The summed E-state index contributed by atoms with van der Waals surface area (Å²) >= 11 is 4.88. The SMILES string of the molecule is COC(=O)C(c1cc(F)ccc1OC)N1CCc2sc(Br)cc2C1=O. The zero-order valence-corrected chi connectivity index (χ0v) is 15.9. The van der Waals surface area contributed by atoms with Gasteiger partial charge in [-0.15, -0.1) is 11.3 Å². The second kappa shape index (κ2) is 7.13. The Morgan fingerprint density at radius 3 is 2.80 bits per heavy atom. The Balaban J connectivity index is 2.08. The molecule has 1 aromatic carbocycles. The first kappa shape index (κ1) is 17.9. The van der Waals surface area contributed by atoms with Crippen LogP contribution in [0.4, 0.5) is 4.39 Å². The summed E-state index contributed by atoms with van der Waals surface area (Å²) in [6, 6.07) is 4.54. The van der Waals surface area contributed by atoms with Crippen molar-refractivity contribution in [3.8, 4) is 5.75 Å². The zero-order chi connectivity index (χ0) is 18.1. The molecule has 0 aliphatic carbocycles. The molecule has 1 aliphatic rings. The van der Waals surface area contributed by atoms with Gasteiger partial charge in [0.1, 0.15) is 11.6 Å². The normalized spacial score (nSPS) is 14.9. The first-order valence-electron chi connectivity index (χ1n) is 7.46. The third kappa shape index (κ3) is 3.28. The Kier molecular flexibility index (Phi) is 5.10. The van der Waals surface area contributed by atoms with Crippen LogP contribution >= 0.6 is 27.3 Å². The van der Waals surface area contributed by atoms with Crippen molar-refractivity contribution in [2.24, 2.45) is 0 Å². The minimum atomic E-state index is -1.07. The van der Waals surface area contributed by atoms with E-state index in [9.17, 15) is 14.0 Å². The third-order valence-electron chi connectivity index (χ3n) is 4.07. The molecule has 5 nitrogen and oxygen atoms in total. The fourth-order valence-corrected chi connectivity index (χ4v) is 4.62. The van der Waals surface area contributed by atoms with Crippen LogP contribution in [-0.4, -0.2) is 37.5 Å². The predicted octanol–water partition coefficient (Wildman–Crippen LogP) is 3.57. The summed E-state index contributed by atoms with van der Waals surface area (Å²) in [7, 11) is 2.67. The predicted molar refractivity (Wildman–Crippen MR) is 94.5 cm³/mol. The van der Waals surface area contributed by atoms with Gasteiger partial charge in [-0.2, -0.15) is 0 Å². The van der Waals surface area contributed by atoms with E-state index in [1.54, 1.807) is 6.07 Å². The number of esters is 1. The lowest BCUT2D eigenvalue weighted by atomic mass is 9.99. The van der Waals surface area contributed by atoms with Crippen LogP contribution in [0.15, 0.2) is 28.1 Å². The molecule has 0 bridgehead atoms. The molecule has 2 heterocycles. The lowest BCUT2D eigenvalue weighted by Gasteiger charge is -2.33. The number of rotatable bonds is 4. The zero-order valence-electron chi connectivity index (χ0n) is 13.5. The largest absolute Gasteiger partial charge is 0.496 e. The van der Waals surface area contributed by atoms with Gasteiger partial charge in [0.15, 0.2) is 6.04 Å². The maximum Gasteiger partial charge on any atom is 0.333 e. The van der Waals surface area contributed by atoms with E-state index in [-0.39, 0.29) is 11.5 Å². The van der Waals surface area contributed by atoms with Crippen molar-refractivity contribution < 1.29 is 23.5 Å². The maximum atomic E-state index is 13.8. The molecule has 0 fully saturated rings. The molecule has 2 aromatic rings. The molecule has 1 aromatic heterocycles. The van der Waals surface area contributed by atoms with Crippen LogP contribution in [-0.2, 0) is 16.0 Å². The van der Waals surface area contributed by atoms with Gasteiger partial charge in [0.25, 0.3) is 5.91 Å². The van der Waals surface area contributed by atoms with E-state index < -0.39 is 17.8 Å². The Labute approximate surface area is 156 Å². The fourth-order valence-electron chi connectivity index (χ4n) is 2.94. The van der Waals surface area contributed by atoms with Crippen LogP contribution in [0.3, 0.4) is 0 Å². The first-order valence-corrected chi connectivity index (χ1v) is 9.07. The molecule has 0 saturated heterocycles. The van der Waals surface area contributed by atoms with E-state index in [4.69, 9.17) is 9.47 Å². The van der Waals surface area contributed by atoms with Gasteiger partial charge in [-0.3, -0.25) is 4.79 Å². The maximum absolute atomic E-state index is 13.8. The van der Waals surface area contributed by atoms with Gasteiger partial charge in [0, 0.05) is 23.4 Å². The number of ether oxygens (including phenoxy) is 2. The smallest absolute Gasteiger partial charge is 0.333 e. The van der Waals surface area contributed by atoms with E-state index in [2.05, 4.69) is 15.9 Å². The summed E-state index contributed by atoms with van der Waals surface area (Å²) in [5, 5.41) is 0. The standard InChI is InChI=1S/C17H15BrFNO4S/c1-23-12-4-3-9(19)7-10(12)15(17(22)24-2)20-6-5-13-11(16(20)21)8-14(18)25-13/h3-4,7-8,15H,5-6H2,1-2H3. The number of methoxy groups -OCH3 is 2. The Hall–Kier alpha value is -1.93. The number of amides is 1. The molecule has 1 amide bonds. The van der Waals surface area contributed by atoms with Crippen molar-refractivity contribution in [1.82, 2.24) is 4.90 Å². The Morgan fingerprint density at radius 1 is 1.36 bits per heavy atom. The number of carbonyl (C=O) groups is 2. The van der Waals surface area contributed by atoms with Crippen LogP contribution in [0, 0.1) is 5.82 Å². The average Bonchev–Trinajstić information content (AvgIpc) is 2.98. The van der Waals surface area contributed by atoms with Crippen LogP contribution in [0.25, 0.3) is 0 Å². The molecule has 0 saturated carbocycles. The summed E-state index contributed by atoms with van der Waals surface area (Å²) in [4.78, 5) is 27.7. The van der Waals surface area contributed by atoms with Gasteiger partial charge in [0.05, 0.1) is 23.6 Å². The lowest BCUT2D eigenvalue weighted by molar-refractivity contribution is -0.146. The number of carbonyl (C=O) groups excluding carboxylic acids is 2. The number of nitrogens with zero attached hydrogens (tertiary/aromatic N) is 1. The molecule has 0 N–H and O–H groups in total. The van der Waals surface area contributed by atoms with Crippen molar-refractivity contribution in [3.63, 3.8) is 0 Å². The topological polar surface area (TPSA) is 55.8 Å². The van der Waals surface area contributed by atoms with E-state index in [0.29, 0.717) is 24.3 Å². The number of halogens is 2. The minimum Gasteiger partial charge on any atom is -0.496 e. The quantitative estimate of drug-likeness (QED) is 0.699. The highest BCUT2D eigenvalue weighted by atomic mass is 79.9. The van der Waals surface area contributed by atoms with Crippen molar-refractivity contribution in [1.29, 1.82) is 0 Å². The first-order chi connectivity index (χ1) is 12.0. The summed E-state index contributed by atoms with van der Waals surface area (Å²) in [6.45, 7) is 0.332. The van der Waals surface area contributed by atoms with Gasteiger partial charge in [-0.1, -0.05) is 0 Å². The summed E-state index contributed by atoms with van der Waals surface area (Å²) in [5.74, 6) is -1.13. The van der Waals surface area contributed by atoms with Crippen molar-refractivity contribution in [2.75, 3.05) is 20.8 Å². The molecule has 132 valence electrons. The minimum absolute atomic E-state index is 0.264. The highest BCUT2D eigenvalue weighted by molar-refractivity contribution is 9.11. The lowest BCUT2D eigenvalue weighted by Crippen LogP contribution is -2.43. The van der Waals surface area contributed by atoms with Crippen LogP contribution in [0.2, 0.25) is 0 Å².